The van der Waals surface area contributed by atoms with Crippen molar-refractivity contribution in [1.82, 2.24) is 4.90 Å². The molecule has 92 valence electrons. The first-order valence-electron chi connectivity index (χ1n) is 5.94. The van der Waals surface area contributed by atoms with E-state index in [1.807, 2.05) is 0 Å². The lowest BCUT2D eigenvalue weighted by atomic mass is 9.85. The third-order valence-electron chi connectivity index (χ3n) is 3.86. The Kier molecular flexibility index (Phi) is 4.96. The van der Waals surface area contributed by atoms with Crippen molar-refractivity contribution >= 4 is 11.3 Å². The lowest BCUT2D eigenvalue weighted by molar-refractivity contribution is 0.127. The minimum absolute atomic E-state index is 0.107. The van der Waals surface area contributed by atoms with Gasteiger partial charge in [0.2, 0.25) is 0 Å². The monoisotopic (exact) mass is 240 g/mol. The molecule has 2 unspecified atom stereocenters. The van der Waals surface area contributed by atoms with Crippen LogP contribution in [0.2, 0.25) is 0 Å². The predicted octanol–water partition coefficient (Wildman–Crippen LogP) is 2.74. The zero-order valence-electron chi connectivity index (χ0n) is 10.9. The fourth-order valence-electron chi connectivity index (χ4n) is 1.98. The first-order valence-corrected chi connectivity index (χ1v) is 6.89. The molecule has 3 heteroatoms. The molecule has 0 aliphatic carbocycles. The van der Waals surface area contributed by atoms with Gasteiger partial charge < -0.3 is 10.6 Å². The zero-order valence-corrected chi connectivity index (χ0v) is 11.7. The van der Waals surface area contributed by atoms with E-state index in [0.717, 1.165) is 19.3 Å². The molecule has 0 radical (unpaired) electrons. The number of rotatable bonds is 6. The molecule has 0 aromatic carbocycles. The average Bonchev–Trinajstić information content (AvgIpc) is 2.77. The van der Waals surface area contributed by atoms with Crippen molar-refractivity contribution in [3.05, 3.63) is 22.4 Å². The lowest BCUT2D eigenvalue weighted by Crippen LogP contribution is -2.55. The van der Waals surface area contributed by atoms with Crippen LogP contribution < -0.4 is 5.73 Å². The lowest BCUT2D eigenvalue weighted by Gasteiger charge is -2.41. The summed E-state index contributed by atoms with van der Waals surface area (Å²) in [5, 5.41) is 4.34. The van der Waals surface area contributed by atoms with Crippen LogP contribution in [0.5, 0.6) is 0 Å². The Morgan fingerprint density at radius 2 is 2.19 bits per heavy atom. The molecule has 2 atom stereocenters. The molecule has 1 aromatic heterocycles. The van der Waals surface area contributed by atoms with E-state index in [-0.39, 0.29) is 11.6 Å². The van der Waals surface area contributed by atoms with Gasteiger partial charge in [-0.05, 0) is 62.7 Å². The maximum Gasteiger partial charge on any atom is 0.0323 e. The number of hydrogen-bond donors (Lipinski definition) is 1. The molecule has 1 heterocycles. The summed E-state index contributed by atoms with van der Waals surface area (Å²) < 4.78 is 0. The number of likely N-dealkylation sites (N-methyl/N-ethyl adjacent to an activating group) is 1. The number of nitrogens with zero attached hydrogens (tertiary/aromatic N) is 1. The van der Waals surface area contributed by atoms with Crippen molar-refractivity contribution in [2.75, 3.05) is 14.1 Å². The van der Waals surface area contributed by atoms with Crippen molar-refractivity contribution < 1.29 is 0 Å². The first kappa shape index (κ1) is 13.7. The minimum Gasteiger partial charge on any atom is -0.326 e. The summed E-state index contributed by atoms with van der Waals surface area (Å²) in [5.74, 6) is 0. The third kappa shape index (κ3) is 3.06. The molecule has 0 saturated carbocycles. The molecule has 0 aliphatic rings. The maximum atomic E-state index is 6.34. The van der Waals surface area contributed by atoms with Gasteiger partial charge in [0.05, 0.1) is 0 Å². The predicted molar refractivity (Wildman–Crippen MR) is 73.0 cm³/mol. The third-order valence-corrected chi connectivity index (χ3v) is 4.59. The highest BCUT2D eigenvalue weighted by Crippen LogP contribution is 2.23. The van der Waals surface area contributed by atoms with Crippen molar-refractivity contribution in [3.8, 4) is 0 Å². The topological polar surface area (TPSA) is 29.3 Å². The van der Waals surface area contributed by atoms with Crippen LogP contribution >= 0.6 is 11.3 Å². The Morgan fingerprint density at radius 3 is 2.62 bits per heavy atom. The highest BCUT2D eigenvalue weighted by Gasteiger charge is 2.31. The van der Waals surface area contributed by atoms with Crippen LogP contribution in [0.4, 0.5) is 0 Å². The van der Waals surface area contributed by atoms with Crippen molar-refractivity contribution in [3.63, 3.8) is 0 Å². The van der Waals surface area contributed by atoms with Gasteiger partial charge in [0.25, 0.3) is 0 Å². The molecular formula is C13H24N2S. The van der Waals surface area contributed by atoms with Crippen LogP contribution in [0.3, 0.4) is 0 Å². The molecular weight excluding hydrogens is 216 g/mol. The van der Waals surface area contributed by atoms with Crippen LogP contribution in [0, 0.1) is 0 Å². The minimum atomic E-state index is 0.107. The van der Waals surface area contributed by atoms with Gasteiger partial charge in [-0.25, -0.2) is 0 Å². The molecule has 0 fully saturated rings. The fraction of sp³-hybridized carbons (Fsp3) is 0.692. The Balaban J connectivity index is 2.53. The normalized spacial score (nSPS) is 17.4. The Bertz CT molecular complexity index is 295. The van der Waals surface area contributed by atoms with Gasteiger partial charge in [-0.3, -0.25) is 0 Å². The standard InChI is InChI=1S/C13H24N2S/c1-5-13(2,15(3)4)12(14)7-6-11-8-9-16-10-11/h8-10,12H,5-7,14H2,1-4H3. The molecule has 2 N–H and O–H groups in total. The summed E-state index contributed by atoms with van der Waals surface area (Å²) in [4.78, 5) is 2.26. The quantitative estimate of drug-likeness (QED) is 0.828. The van der Waals surface area contributed by atoms with Crippen LogP contribution in [0.15, 0.2) is 16.8 Å². The summed E-state index contributed by atoms with van der Waals surface area (Å²) in [6.07, 6.45) is 3.23. The van der Waals surface area contributed by atoms with E-state index in [1.165, 1.54) is 5.56 Å². The van der Waals surface area contributed by atoms with Gasteiger partial charge in [0.1, 0.15) is 0 Å². The summed E-state index contributed by atoms with van der Waals surface area (Å²) in [6, 6.07) is 2.42. The van der Waals surface area contributed by atoms with E-state index in [9.17, 15) is 0 Å². The summed E-state index contributed by atoms with van der Waals surface area (Å²) in [6.45, 7) is 4.47. The Morgan fingerprint density at radius 1 is 1.50 bits per heavy atom. The van der Waals surface area contributed by atoms with Crippen LogP contribution in [-0.2, 0) is 6.42 Å². The van der Waals surface area contributed by atoms with E-state index in [1.54, 1.807) is 11.3 Å². The second-order valence-corrected chi connectivity index (χ2v) is 5.66. The smallest absolute Gasteiger partial charge is 0.0323 e. The van der Waals surface area contributed by atoms with Crippen LogP contribution in [0.1, 0.15) is 32.3 Å². The van der Waals surface area contributed by atoms with Crippen LogP contribution in [-0.4, -0.2) is 30.6 Å². The van der Waals surface area contributed by atoms with Gasteiger partial charge in [-0.15, -0.1) is 0 Å². The van der Waals surface area contributed by atoms with E-state index in [4.69, 9.17) is 5.73 Å². The van der Waals surface area contributed by atoms with Gasteiger partial charge in [-0.2, -0.15) is 11.3 Å². The Labute approximate surface area is 103 Å². The molecule has 0 bridgehead atoms. The summed E-state index contributed by atoms with van der Waals surface area (Å²) in [5.41, 5.74) is 7.86. The van der Waals surface area contributed by atoms with Gasteiger partial charge in [0.15, 0.2) is 0 Å². The highest BCUT2D eigenvalue weighted by atomic mass is 32.1. The van der Waals surface area contributed by atoms with Crippen molar-refractivity contribution in [1.29, 1.82) is 0 Å². The number of nitrogens with two attached hydrogens (primary N) is 1. The summed E-state index contributed by atoms with van der Waals surface area (Å²) >= 11 is 1.76. The first-order chi connectivity index (χ1) is 7.50. The van der Waals surface area contributed by atoms with Crippen molar-refractivity contribution in [2.45, 2.75) is 44.7 Å². The molecule has 16 heavy (non-hydrogen) atoms. The zero-order chi connectivity index (χ0) is 12.2. The molecule has 1 rings (SSSR count). The SMILES string of the molecule is CCC(C)(C(N)CCc1ccsc1)N(C)C. The van der Waals surface area contributed by atoms with E-state index in [0.29, 0.717) is 0 Å². The highest BCUT2D eigenvalue weighted by molar-refractivity contribution is 7.07. The van der Waals surface area contributed by atoms with Gasteiger partial charge >= 0.3 is 0 Å². The number of hydrogen-bond acceptors (Lipinski definition) is 3. The summed E-state index contributed by atoms with van der Waals surface area (Å²) in [7, 11) is 4.24. The fourth-order valence-corrected chi connectivity index (χ4v) is 2.68. The van der Waals surface area contributed by atoms with E-state index in [2.05, 4.69) is 49.7 Å². The molecule has 0 saturated heterocycles. The van der Waals surface area contributed by atoms with E-state index < -0.39 is 0 Å². The average molecular weight is 240 g/mol. The molecule has 0 amide bonds. The van der Waals surface area contributed by atoms with E-state index >= 15 is 0 Å². The molecule has 2 nitrogen and oxygen atoms in total. The Hall–Kier alpha value is -0.380. The second-order valence-electron chi connectivity index (χ2n) is 4.88. The van der Waals surface area contributed by atoms with Crippen LogP contribution in [0.25, 0.3) is 0 Å². The molecule has 0 spiro atoms. The van der Waals surface area contributed by atoms with Crippen molar-refractivity contribution in [2.24, 2.45) is 5.73 Å². The maximum absolute atomic E-state index is 6.34. The van der Waals surface area contributed by atoms with Gasteiger partial charge in [0, 0.05) is 11.6 Å². The number of aryl methyl sites for hydroxylation is 1. The molecule has 0 aliphatic heterocycles. The van der Waals surface area contributed by atoms with Gasteiger partial charge in [-0.1, -0.05) is 6.92 Å². The molecule has 1 aromatic rings. The number of thiophene rings is 1. The largest absolute Gasteiger partial charge is 0.326 e. The second kappa shape index (κ2) is 5.80.